The van der Waals surface area contributed by atoms with Crippen molar-refractivity contribution in [3.05, 3.63) is 52.0 Å². The van der Waals surface area contributed by atoms with Crippen molar-refractivity contribution in [1.82, 2.24) is 0 Å². The Balaban J connectivity index is 2.60. The molecule has 0 amide bonds. The van der Waals surface area contributed by atoms with E-state index in [0.717, 1.165) is 22.4 Å². The van der Waals surface area contributed by atoms with E-state index >= 15 is 0 Å². The minimum Gasteiger partial charge on any atom is -0.496 e. The van der Waals surface area contributed by atoms with Crippen LogP contribution < -0.4 is 4.74 Å². The Morgan fingerprint density at radius 1 is 1.15 bits per heavy atom. The molecule has 0 aliphatic heterocycles. The summed E-state index contributed by atoms with van der Waals surface area (Å²) in [6.07, 6.45) is 0. The lowest BCUT2D eigenvalue weighted by Crippen LogP contribution is -1.96. The highest BCUT2D eigenvalue weighted by Gasteiger charge is 2.13. The first-order valence-electron chi connectivity index (χ1n) is 6.40. The molecule has 0 aliphatic rings. The van der Waals surface area contributed by atoms with E-state index in [2.05, 4.69) is 6.07 Å². The van der Waals surface area contributed by atoms with Gasteiger partial charge in [0.05, 0.1) is 12.1 Å². The van der Waals surface area contributed by atoms with E-state index in [1.807, 2.05) is 32.0 Å². The molecule has 0 saturated heterocycles. The van der Waals surface area contributed by atoms with Crippen LogP contribution in [0.1, 0.15) is 28.4 Å². The van der Waals surface area contributed by atoms with Gasteiger partial charge in [0, 0.05) is 11.1 Å². The second-order valence-corrected chi connectivity index (χ2v) is 5.25. The first-order valence-corrected chi connectivity index (χ1v) is 6.78. The van der Waals surface area contributed by atoms with Crippen LogP contribution in [0.15, 0.2) is 30.3 Å². The molecule has 0 unspecified atom stereocenters. The van der Waals surface area contributed by atoms with Crippen LogP contribution in [0, 0.1) is 13.8 Å². The quantitative estimate of drug-likeness (QED) is 0.756. The zero-order valence-corrected chi connectivity index (χ0v) is 12.8. The number of carbonyl (C=O) groups is 1. The van der Waals surface area contributed by atoms with Gasteiger partial charge in [-0.25, -0.2) is 0 Å². The predicted octanol–water partition coefficient (Wildman–Crippen LogP) is 4.84. The molecule has 0 bridgehead atoms. The normalized spacial score (nSPS) is 10.4. The van der Waals surface area contributed by atoms with Crippen molar-refractivity contribution in [1.29, 1.82) is 0 Å². The van der Waals surface area contributed by atoms with Gasteiger partial charge in [0.1, 0.15) is 5.75 Å². The van der Waals surface area contributed by atoms with E-state index in [-0.39, 0.29) is 5.78 Å². The number of aryl methyl sites for hydroxylation is 1. The van der Waals surface area contributed by atoms with Gasteiger partial charge in [-0.2, -0.15) is 0 Å². The summed E-state index contributed by atoms with van der Waals surface area (Å²) in [5.41, 5.74) is 4.75. The molecular weight excluding hydrogens is 272 g/mol. The van der Waals surface area contributed by atoms with Crippen LogP contribution in [0.2, 0.25) is 5.02 Å². The largest absolute Gasteiger partial charge is 0.496 e. The number of benzene rings is 2. The fraction of sp³-hybridized carbons (Fsp3) is 0.235. The van der Waals surface area contributed by atoms with E-state index in [0.29, 0.717) is 10.6 Å². The molecule has 2 aromatic rings. The van der Waals surface area contributed by atoms with Crippen LogP contribution in [0.5, 0.6) is 5.75 Å². The molecule has 2 rings (SSSR count). The second-order valence-electron chi connectivity index (χ2n) is 4.84. The van der Waals surface area contributed by atoms with Gasteiger partial charge in [-0.15, -0.1) is 0 Å². The van der Waals surface area contributed by atoms with Crippen molar-refractivity contribution in [2.75, 3.05) is 7.11 Å². The van der Waals surface area contributed by atoms with Crippen LogP contribution in [-0.4, -0.2) is 12.9 Å². The fourth-order valence-corrected chi connectivity index (χ4v) is 2.56. The lowest BCUT2D eigenvalue weighted by Gasteiger charge is -2.14. The molecule has 0 aromatic heterocycles. The average Bonchev–Trinajstić information content (AvgIpc) is 2.41. The maximum absolute atomic E-state index is 11.4. The number of methoxy groups -OCH3 is 1. The van der Waals surface area contributed by atoms with E-state index < -0.39 is 0 Å². The molecule has 0 spiro atoms. The summed E-state index contributed by atoms with van der Waals surface area (Å²) in [4.78, 5) is 11.4. The van der Waals surface area contributed by atoms with Gasteiger partial charge < -0.3 is 4.74 Å². The van der Waals surface area contributed by atoms with Crippen LogP contribution in [0.25, 0.3) is 11.1 Å². The highest BCUT2D eigenvalue weighted by molar-refractivity contribution is 6.34. The van der Waals surface area contributed by atoms with Crippen molar-refractivity contribution < 1.29 is 9.53 Å². The number of carbonyl (C=O) groups excluding carboxylic acids is 1. The standard InChI is InChI=1S/C17H17ClO2/c1-10-5-7-15(17(20-4)11(10)2)13-6-8-14(12(3)19)16(18)9-13/h5-9H,1-4H3. The Labute approximate surface area is 124 Å². The van der Waals surface area contributed by atoms with Gasteiger partial charge in [0.25, 0.3) is 0 Å². The average molecular weight is 289 g/mol. The number of rotatable bonds is 3. The first-order chi connectivity index (χ1) is 9.45. The predicted molar refractivity (Wildman–Crippen MR) is 82.9 cm³/mol. The Morgan fingerprint density at radius 3 is 2.40 bits per heavy atom. The van der Waals surface area contributed by atoms with Crippen molar-refractivity contribution in [3.63, 3.8) is 0 Å². The van der Waals surface area contributed by atoms with Gasteiger partial charge in [0.15, 0.2) is 5.78 Å². The number of Topliss-reactive ketones (excluding diaryl/α,β-unsaturated/α-hetero) is 1. The molecule has 0 heterocycles. The molecule has 0 fully saturated rings. The summed E-state index contributed by atoms with van der Waals surface area (Å²) >= 11 is 6.18. The maximum Gasteiger partial charge on any atom is 0.161 e. The molecule has 0 aliphatic carbocycles. The lowest BCUT2D eigenvalue weighted by molar-refractivity contribution is 0.101. The molecular formula is C17H17ClO2. The molecule has 0 radical (unpaired) electrons. The fourth-order valence-electron chi connectivity index (χ4n) is 2.25. The van der Waals surface area contributed by atoms with Crippen molar-refractivity contribution >= 4 is 17.4 Å². The molecule has 3 heteroatoms. The van der Waals surface area contributed by atoms with Crippen LogP contribution >= 0.6 is 11.6 Å². The monoisotopic (exact) mass is 288 g/mol. The molecule has 0 atom stereocenters. The van der Waals surface area contributed by atoms with Gasteiger partial charge in [0.2, 0.25) is 0 Å². The highest BCUT2D eigenvalue weighted by Crippen LogP contribution is 2.36. The molecule has 2 nitrogen and oxygen atoms in total. The summed E-state index contributed by atoms with van der Waals surface area (Å²) in [5.74, 6) is 0.810. The number of hydrogen-bond acceptors (Lipinski definition) is 2. The van der Waals surface area contributed by atoms with Gasteiger partial charge in [-0.1, -0.05) is 29.8 Å². The highest BCUT2D eigenvalue weighted by atomic mass is 35.5. The van der Waals surface area contributed by atoms with Crippen molar-refractivity contribution in [2.24, 2.45) is 0 Å². The SMILES string of the molecule is COc1c(-c2ccc(C(C)=O)c(Cl)c2)ccc(C)c1C. The number of hydrogen-bond donors (Lipinski definition) is 0. The van der Waals surface area contributed by atoms with Crippen molar-refractivity contribution in [2.45, 2.75) is 20.8 Å². The maximum atomic E-state index is 11.4. The summed E-state index contributed by atoms with van der Waals surface area (Å²) in [7, 11) is 1.66. The first kappa shape index (κ1) is 14.6. The van der Waals surface area contributed by atoms with Crippen LogP contribution in [0.4, 0.5) is 0 Å². The van der Waals surface area contributed by atoms with Crippen LogP contribution in [0.3, 0.4) is 0 Å². The van der Waals surface area contributed by atoms with Gasteiger partial charge in [-0.3, -0.25) is 4.79 Å². The smallest absolute Gasteiger partial charge is 0.161 e. The molecule has 0 N–H and O–H groups in total. The third-order valence-electron chi connectivity index (χ3n) is 3.54. The number of ketones is 1. The Morgan fingerprint density at radius 2 is 1.85 bits per heavy atom. The van der Waals surface area contributed by atoms with Crippen LogP contribution in [-0.2, 0) is 0 Å². The molecule has 2 aromatic carbocycles. The third kappa shape index (κ3) is 2.56. The third-order valence-corrected chi connectivity index (χ3v) is 3.85. The number of ether oxygens (including phenoxy) is 1. The summed E-state index contributed by atoms with van der Waals surface area (Å²) < 4.78 is 5.52. The van der Waals surface area contributed by atoms with E-state index in [9.17, 15) is 4.79 Å². The summed E-state index contributed by atoms with van der Waals surface area (Å²) in [6, 6.07) is 9.54. The molecule has 104 valence electrons. The van der Waals surface area contributed by atoms with Gasteiger partial charge >= 0.3 is 0 Å². The zero-order valence-electron chi connectivity index (χ0n) is 12.1. The van der Waals surface area contributed by atoms with Gasteiger partial charge in [-0.05, 0) is 49.6 Å². The Bertz CT molecular complexity index is 675. The summed E-state index contributed by atoms with van der Waals surface area (Å²) in [5, 5.41) is 0.468. The Hall–Kier alpha value is -1.80. The second kappa shape index (κ2) is 5.68. The van der Waals surface area contributed by atoms with E-state index in [4.69, 9.17) is 16.3 Å². The Kier molecular flexibility index (Phi) is 4.15. The summed E-state index contributed by atoms with van der Waals surface area (Å²) in [6.45, 7) is 5.59. The van der Waals surface area contributed by atoms with E-state index in [1.54, 1.807) is 13.2 Å². The minimum atomic E-state index is -0.0337. The van der Waals surface area contributed by atoms with E-state index in [1.165, 1.54) is 12.5 Å². The number of halogens is 1. The molecule has 20 heavy (non-hydrogen) atoms. The topological polar surface area (TPSA) is 26.3 Å². The molecule has 0 saturated carbocycles. The lowest BCUT2D eigenvalue weighted by atomic mass is 9.97. The van der Waals surface area contributed by atoms with Crippen molar-refractivity contribution in [3.8, 4) is 16.9 Å². The minimum absolute atomic E-state index is 0.0337. The zero-order chi connectivity index (χ0) is 14.9.